The Bertz CT molecular complexity index is 692. The summed E-state index contributed by atoms with van der Waals surface area (Å²) in [6, 6.07) is 6.62. The van der Waals surface area contributed by atoms with Crippen molar-refractivity contribution < 1.29 is 14.3 Å². The number of esters is 1. The Morgan fingerprint density at radius 3 is 2.58 bits per heavy atom. The van der Waals surface area contributed by atoms with Gasteiger partial charge in [-0.25, -0.2) is 9.59 Å². The van der Waals surface area contributed by atoms with E-state index in [1.807, 2.05) is 52.0 Å². The predicted octanol–water partition coefficient (Wildman–Crippen LogP) is 4.05. The smallest absolute Gasteiger partial charge is 0.338 e. The van der Waals surface area contributed by atoms with Crippen LogP contribution in [0.5, 0.6) is 0 Å². The lowest BCUT2D eigenvalue weighted by Gasteiger charge is -2.31. The van der Waals surface area contributed by atoms with Gasteiger partial charge in [0.1, 0.15) is 6.10 Å². The maximum Gasteiger partial charge on any atom is 0.338 e. The van der Waals surface area contributed by atoms with E-state index in [1.165, 1.54) is 0 Å². The Labute approximate surface area is 151 Å². The lowest BCUT2D eigenvalue weighted by Crippen LogP contribution is -2.46. The van der Waals surface area contributed by atoms with Crippen LogP contribution >= 0.6 is 15.9 Å². The molecular weight excluding hydrogens is 372 g/mol. The minimum absolute atomic E-state index is 0.166. The van der Waals surface area contributed by atoms with Crippen LogP contribution in [-0.4, -0.2) is 18.1 Å². The number of allylic oxidation sites excluding steroid dienone is 1. The Morgan fingerprint density at radius 2 is 2.00 bits per heavy atom. The molecule has 1 aromatic carbocycles. The molecule has 5 nitrogen and oxygen atoms in total. The molecule has 2 atom stereocenters. The third kappa shape index (κ3) is 4.17. The van der Waals surface area contributed by atoms with E-state index < -0.39 is 12.0 Å². The molecule has 1 aliphatic heterocycles. The number of hydrogen-bond donors (Lipinski definition) is 2. The van der Waals surface area contributed by atoms with Crippen LogP contribution in [0.25, 0.3) is 0 Å². The maximum absolute atomic E-state index is 12.8. The fourth-order valence-electron chi connectivity index (χ4n) is 2.30. The van der Waals surface area contributed by atoms with Gasteiger partial charge in [-0.2, -0.15) is 0 Å². The van der Waals surface area contributed by atoms with E-state index in [2.05, 4.69) is 26.6 Å². The molecule has 24 heavy (non-hydrogen) atoms. The van der Waals surface area contributed by atoms with Crippen LogP contribution in [0.15, 0.2) is 40.0 Å². The van der Waals surface area contributed by atoms with Crippen LogP contribution < -0.4 is 10.6 Å². The second-order valence-corrected chi connectivity index (χ2v) is 7.95. The molecule has 0 aromatic heterocycles. The van der Waals surface area contributed by atoms with E-state index in [1.54, 1.807) is 6.92 Å². The molecule has 2 rings (SSSR count). The van der Waals surface area contributed by atoms with Crippen molar-refractivity contribution in [1.29, 1.82) is 0 Å². The van der Waals surface area contributed by atoms with Crippen molar-refractivity contribution in [3.8, 4) is 0 Å². The van der Waals surface area contributed by atoms with E-state index in [9.17, 15) is 9.59 Å². The molecule has 0 fully saturated rings. The number of hydrogen-bond acceptors (Lipinski definition) is 3. The summed E-state index contributed by atoms with van der Waals surface area (Å²) in [5, 5.41) is 5.46. The van der Waals surface area contributed by atoms with E-state index in [4.69, 9.17) is 4.74 Å². The number of urea groups is 1. The minimum Gasteiger partial charge on any atom is -0.459 e. The van der Waals surface area contributed by atoms with E-state index in [0.29, 0.717) is 11.3 Å². The van der Waals surface area contributed by atoms with Gasteiger partial charge in [-0.3, -0.25) is 0 Å². The zero-order valence-corrected chi connectivity index (χ0v) is 16.2. The zero-order valence-electron chi connectivity index (χ0n) is 14.6. The monoisotopic (exact) mass is 394 g/mol. The second-order valence-electron chi connectivity index (χ2n) is 7.04. The number of carbonyl (C=O) groups excluding carboxylic acids is 2. The van der Waals surface area contributed by atoms with Gasteiger partial charge >= 0.3 is 12.0 Å². The summed E-state index contributed by atoms with van der Waals surface area (Å²) in [7, 11) is 0. The Hall–Kier alpha value is -1.82. The first-order valence-corrected chi connectivity index (χ1v) is 8.63. The van der Waals surface area contributed by atoms with Crippen LogP contribution in [0.2, 0.25) is 0 Å². The Morgan fingerprint density at radius 1 is 1.33 bits per heavy atom. The number of carbonyl (C=O) groups is 2. The quantitative estimate of drug-likeness (QED) is 0.759. The first-order chi connectivity index (χ1) is 11.1. The van der Waals surface area contributed by atoms with Crippen molar-refractivity contribution in [3.63, 3.8) is 0 Å². The largest absolute Gasteiger partial charge is 0.459 e. The molecule has 0 bridgehead atoms. The molecule has 2 amide bonds. The van der Waals surface area contributed by atoms with E-state index in [-0.39, 0.29) is 17.6 Å². The van der Waals surface area contributed by atoms with Gasteiger partial charge in [0, 0.05) is 10.2 Å². The molecule has 0 saturated heterocycles. The van der Waals surface area contributed by atoms with Crippen molar-refractivity contribution in [3.05, 3.63) is 45.6 Å². The molecule has 1 aliphatic rings. The summed E-state index contributed by atoms with van der Waals surface area (Å²) in [6.07, 6.45) is -0.258. The maximum atomic E-state index is 12.8. The SMILES string of the molecule is CC1=C(C(=O)OC(C)C(C)(C)C)C(c2cccc(Br)c2)NC(=O)N1. The lowest BCUT2D eigenvalue weighted by atomic mass is 9.90. The summed E-state index contributed by atoms with van der Waals surface area (Å²) in [6.45, 7) is 9.62. The number of rotatable bonds is 3. The highest BCUT2D eigenvalue weighted by molar-refractivity contribution is 9.10. The van der Waals surface area contributed by atoms with Crippen molar-refractivity contribution in [2.24, 2.45) is 5.41 Å². The standard InChI is InChI=1S/C18H23BrN2O3/c1-10-14(16(22)24-11(2)18(3,4)5)15(21-17(23)20-10)12-7-6-8-13(19)9-12/h6-9,11,15H,1-5H3,(H2,20,21,23). The van der Waals surface area contributed by atoms with Crippen molar-refractivity contribution in [2.45, 2.75) is 46.8 Å². The van der Waals surface area contributed by atoms with Gasteiger partial charge in [0.2, 0.25) is 0 Å². The van der Waals surface area contributed by atoms with Crippen LogP contribution in [0.3, 0.4) is 0 Å². The lowest BCUT2D eigenvalue weighted by molar-refractivity contribution is -0.149. The van der Waals surface area contributed by atoms with Crippen LogP contribution in [-0.2, 0) is 9.53 Å². The summed E-state index contributed by atoms with van der Waals surface area (Å²) in [5.74, 6) is -0.424. The van der Waals surface area contributed by atoms with Crippen molar-refractivity contribution in [1.82, 2.24) is 10.6 Å². The van der Waals surface area contributed by atoms with Crippen LogP contribution in [0, 0.1) is 5.41 Å². The molecule has 0 saturated carbocycles. The topological polar surface area (TPSA) is 67.4 Å². The Balaban J connectivity index is 2.37. The van der Waals surface area contributed by atoms with E-state index >= 15 is 0 Å². The Kier molecular flexibility index (Phi) is 5.38. The van der Waals surface area contributed by atoms with Gasteiger partial charge in [-0.1, -0.05) is 48.8 Å². The summed E-state index contributed by atoms with van der Waals surface area (Å²) in [5.41, 5.74) is 1.58. The average Bonchev–Trinajstić information content (AvgIpc) is 2.45. The van der Waals surface area contributed by atoms with Gasteiger partial charge < -0.3 is 15.4 Å². The van der Waals surface area contributed by atoms with Gasteiger partial charge in [0.25, 0.3) is 0 Å². The molecule has 130 valence electrons. The van der Waals surface area contributed by atoms with E-state index in [0.717, 1.165) is 10.0 Å². The van der Waals surface area contributed by atoms with Gasteiger partial charge in [-0.05, 0) is 37.0 Å². The number of amides is 2. The summed E-state index contributed by atoms with van der Waals surface area (Å²) < 4.78 is 6.52. The van der Waals surface area contributed by atoms with Crippen LogP contribution in [0.1, 0.15) is 46.2 Å². The molecule has 0 radical (unpaired) electrons. The highest BCUT2D eigenvalue weighted by Gasteiger charge is 2.34. The summed E-state index contributed by atoms with van der Waals surface area (Å²) >= 11 is 3.42. The number of benzene rings is 1. The molecule has 6 heteroatoms. The van der Waals surface area contributed by atoms with Crippen molar-refractivity contribution in [2.75, 3.05) is 0 Å². The molecule has 2 N–H and O–H groups in total. The first kappa shape index (κ1) is 18.5. The third-order valence-electron chi connectivity index (χ3n) is 4.17. The van der Waals surface area contributed by atoms with Crippen molar-refractivity contribution >= 4 is 27.9 Å². The summed E-state index contributed by atoms with van der Waals surface area (Å²) in [4.78, 5) is 24.6. The minimum atomic E-state index is -0.545. The molecule has 0 spiro atoms. The molecule has 0 aliphatic carbocycles. The van der Waals surface area contributed by atoms with Gasteiger partial charge in [-0.15, -0.1) is 0 Å². The number of halogens is 1. The van der Waals surface area contributed by atoms with Crippen LogP contribution in [0.4, 0.5) is 4.79 Å². The highest BCUT2D eigenvalue weighted by atomic mass is 79.9. The predicted molar refractivity (Wildman–Crippen MR) is 96.3 cm³/mol. The van der Waals surface area contributed by atoms with Gasteiger partial charge in [0.15, 0.2) is 0 Å². The fraction of sp³-hybridized carbons (Fsp3) is 0.444. The second kappa shape index (κ2) is 6.97. The highest BCUT2D eigenvalue weighted by Crippen LogP contribution is 2.31. The normalized spacial score (nSPS) is 19.4. The molecular formula is C18H23BrN2O3. The number of ether oxygens (including phenoxy) is 1. The number of nitrogens with one attached hydrogen (secondary N) is 2. The molecule has 1 aromatic rings. The molecule has 1 heterocycles. The zero-order chi connectivity index (χ0) is 18.1. The van der Waals surface area contributed by atoms with Gasteiger partial charge in [0.05, 0.1) is 11.6 Å². The fourth-order valence-corrected chi connectivity index (χ4v) is 2.72. The average molecular weight is 395 g/mol. The first-order valence-electron chi connectivity index (χ1n) is 7.84. The third-order valence-corrected chi connectivity index (χ3v) is 4.67. The molecule has 2 unspecified atom stereocenters.